The van der Waals surface area contributed by atoms with E-state index in [9.17, 15) is 14.0 Å². The largest absolute Gasteiger partial charge is 0.481 e. The molecule has 2 atom stereocenters. The van der Waals surface area contributed by atoms with Gasteiger partial charge in [0.1, 0.15) is 11.5 Å². The standard InChI is InChI=1S/C13H15FN2O3/c14-9-4-5-11(15-7-9)12(17)16-6-8-2-1-3-10(8)13(18)19/h4-5,7-8,10H,1-3,6H2,(H,16,17)(H,18,19). The van der Waals surface area contributed by atoms with Crippen molar-refractivity contribution in [2.45, 2.75) is 19.3 Å². The van der Waals surface area contributed by atoms with Crippen LogP contribution in [0.25, 0.3) is 0 Å². The number of nitrogens with one attached hydrogen (secondary N) is 1. The highest BCUT2D eigenvalue weighted by Crippen LogP contribution is 2.31. The predicted molar refractivity (Wildman–Crippen MR) is 65.0 cm³/mol. The first-order chi connectivity index (χ1) is 9.08. The average molecular weight is 266 g/mol. The van der Waals surface area contributed by atoms with Crippen molar-refractivity contribution in [3.05, 3.63) is 29.8 Å². The van der Waals surface area contributed by atoms with Gasteiger partial charge in [0.2, 0.25) is 0 Å². The van der Waals surface area contributed by atoms with Crippen molar-refractivity contribution in [1.29, 1.82) is 0 Å². The summed E-state index contributed by atoms with van der Waals surface area (Å²) in [7, 11) is 0. The van der Waals surface area contributed by atoms with E-state index in [-0.39, 0.29) is 17.5 Å². The maximum atomic E-state index is 12.7. The summed E-state index contributed by atoms with van der Waals surface area (Å²) in [6.45, 7) is 0.314. The van der Waals surface area contributed by atoms with E-state index >= 15 is 0 Å². The number of halogens is 1. The second kappa shape index (κ2) is 5.77. The monoisotopic (exact) mass is 266 g/mol. The molecular weight excluding hydrogens is 251 g/mol. The summed E-state index contributed by atoms with van der Waals surface area (Å²) >= 11 is 0. The van der Waals surface area contributed by atoms with E-state index in [1.807, 2.05) is 0 Å². The van der Waals surface area contributed by atoms with Gasteiger partial charge in [0.25, 0.3) is 5.91 Å². The van der Waals surface area contributed by atoms with Gasteiger partial charge in [-0.25, -0.2) is 9.37 Å². The molecule has 19 heavy (non-hydrogen) atoms. The van der Waals surface area contributed by atoms with Crippen LogP contribution in [0.4, 0.5) is 4.39 Å². The van der Waals surface area contributed by atoms with Gasteiger partial charge in [-0.05, 0) is 30.9 Å². The highest BCUT2D eigenvalue weighted by Gasteiger charge is 2.32. The number of hydrogen-bond donors (Lipinski definition) is 2. The number of carbonyl (C=O) groups excluding carboxylic acids is 1. The molecule has 2 unspecified atom stereocenters. The Hall–Kier alpha value is -1.98. The lowest BCUT2D eigenvalue weighted by Crippen LogP contribution is -2.33. The van der Waals surface area contributed by atoms with Crippen molar-refractivity contribution in [1.82, 2.24) is 10.3 Å². The third-order valence-electron chi connectivity index (χ3n) is 3.46. The van der Waals surface area contributed by atoms with Gasteiger partial charge >= 0.3 is 5.97 Å². The van der Waals surface area contributed by atoms with Crippen LogP contribution in [0.1, 0.15) is 29.8 Å². The summed E-state index contributed by atoms with van der Waals surface area (Å²) in [5.74, 6) is -2.14. The quantitative estimate of drug-likeness (QED) is 0.864. The smallest absolute Gasteiger partial charge is 0.306 e. The predicted octanol–water partition coefficient (Wildman–Crippen LogP) is 1.45. The van der Waals surface area contributed by atoms with Crippen LogP contribution in [-0.4, -0.2) is 28.5 Å². The van der Waals surface area contributed by atoms with E-state index in [4.69, 9.17) is 5.11 Å². The van der Waals surface area contributed by atoms with Gasteiger partial charge in [-0.3, -0.25) is 9.59 Å². The minimum absolute atomic E-state index is 0.0399. The minimum Gasteiger partial charge on any atom is -0.481 e. The van der Waals surface area contributed by atoms with Crippen LogP contribution in [0, 0.1) is 17.7 Å². The molecule has 102 valence electrons. The molecule has 1 aliphatic rings. The Labute approximate surface area is 109 Å². The Morgan fingerprint density at radius 3 is 2.84 bits per heavy atom. The Balaban J connectivity index is 1.90. The molecule has 1 fully saturated rings. The van der Waals surface area contributed by atoms with Crippen LogP contribution in [0.15, 0.2) is 18.3 Å². The highest BCUT2D eigenvalue weighted by molar-refractivity contribution is 5.92. The number of carbonyl (C=O) groups is 2. The van der Waals surface area contributed by atoms with Crippen LogP contribution < -0.4 is 5.32 Å². The lowest BCUT2D eigenvalue weighted by Gasteiger charge is -2.16. The van der Waals surface area contributed by atoms with Crippen molar-refractivity contribution < 1.29 is 19.1 Å². The molecule has 1 saturated carbocycles. The van der Waals surface area contributed by atoms with E-state index in [0.717, 1.165) is 25.1 Å². The van der Waals surface area contributed by atoms with Crippen molar-refractivity contribution in [2.24, 2.45) is 11.8 Å². The topological polar surface area (TPSA) is 79.3 Å². The molecule has 0 spiro atoms. The minimum atomic E-state index is -0.809. The third-order valence-corrected chi connectivity index (χ3v) is 3.46. The second-order valence-electron chi connectivity index (χ2n) is 4.71. The van der Waals surface area contributed by atoms with E-state index < -0.39 is 17.7 Å². The molecule has 0 aliphatic heterocycles. The van der Waals surface area contributed by atoms with E-state index in [1.54, 1.807) is 0 Å². The molecule has 1 heterocycles. The normalized spacial score (nSPS) is 22.2. The van der Waals surface area contributed by atoms with Crippen LogP contribution in [0.3, 0.4) is 0 Å². The fourth-order valence-electron chi connectivity index (χ4n) is 2.43. The molecule has 6 heteroatoms. The second-order valence-corrected chi connectivity index (χ2v) is 4.71. The molecular formula is C13H15FN2O3. The Morgan fingerprint density at radius 2 is 2.21 bits per heavy atom. The molecule has 1 aliphatic carbocycles. The molecule has 0 saturated heterocycles. The molecule has 1 amide bonds. The van der Waals surface area contributed by atoms with Crippen LogP contribution in [-0.2, 0) is 4.79 Å². The average Bonchev–Trinajstić information content (AvgIpc) is 2.85. The SMILES string of the molecule is O=C(NCC1CCCC1C(=O)O)c1ccc(F)cn1. The Morgan fingerprint density at radius 1 is 1.42 bits per heavy atom. The van der Waals surface area contributed by atoms with Crippen molar-refractivity contribution in [3.8, 4) is 0 Å². The van der Waals surface area contributed by atoms with Crippen molar-refractivity contribution in [3.63, 3.8) is 0 Å². The summed E-state index contributed by atoms with van der Waals surface area (Å²) in [4.78, 5) is 26.4. The summed E-state index contributed by atoms with van der Waals surface area (Å²) in [6.07, 6.45) is 3.30. The third kappa shape index (κ3) is 3.27. The van der Waals surface area contributed by atoms with E-state index in [1.165, 1.54) is 6.07 Å². The van der Waals surface area contributed by atoms with Gasteiger partial charge in [-0.2, -0.15) is 0 Å². The number of aromatic nitrogens is 1. The van der Waals surface area contributed by atoms with Gasteiger partial charge in [0.15, 0.2) is 0 Å². The number of aliphatic carboxylic acids is 1. The fraction of sp³-hybridized carbons (Fsp3) is 0.462. The van der Waals surface area contributed by atoms with Crippen LogP contribution in [0.5, 0.6) is 0 Å². The van der Waals surface area contributed by atoms with Gasteiger partial charge in [-0.15, -0.1) is 0 Å². The number of rotatable bonds is 4. The van der Waals surface area contributed by atoms with E-state index in [0.29, 0.717) is 13.0 Å². The lowest BCUT2D eigenvalue weighted by atomic mass is 9.96. The van der Waals surface area contributed by atoms with Crippen LogP contribution >= 0.6 is 0 Å². The Bertz CT molecular complexity index is 475. The maximum absolute atomic E-state index is 12.7. The van der Waals surface area contributed by atoms with Gasteiger partial charge < -0.3 is 10.4 Å². The number of pyridine rings is 1. The van der Waals surface area contributed by atoms with Gasteiger partial charge in [0, 0.05) is 6.54 Å². The number of amides is 1. The summed E-state index contributed by atoms with van der Waals surface area (Å²) in [5, 5.41) is 11.7. The Kier molecular flexibility index (Phi) is 4.09. The number of hydrogen-bond acceptors (Lipinski definition) is 3. The molecule has 1 aromatic heterocycles. The molecule has 2 N–H and O–H groups in total. The zero-order valence-electron chi connectivity index (χ0n) is 10.3. The van der Waals surface area contributed by atoms with Crippen molar-refractivity contribution >= 4 is 11.9 Å². The first-order valence-corrected chi connectivity index (χ1v) is 6.20. The summed E-state index contributed by atoms with van der Waals surface area (Å²) < 4.78 is 12.7. The van der Waals surface area contributed by atoms with Gasteiger partial charge in [0.05, 0.1) is 12.1 Å². The fourth-order valence-corrected chi connectivity index (χ4v) is 2.43. The zero-order valence-corrected chi connectivity index (χ0v) is 10.3. The highest BCUT2D eigenvalue weighted by atomic mass is 19.1. The molecule has 5 nitrogen and oxygen atoms in total. The number of carboxylic acid groups (broad SMARTS) is 1. The first-order valence-electron chi connectivity index (χ1n) is 6.20. The van der Waals surface area contributed by atoms with E-state index in [2.05, 4.69) is 10.3 Å². The molecule has 0 aromatic carbocycles. The zero-order chi connectivity index (χ0) is 13.8. The summed E-state index contributed by atoms with van der Waals surface area (Å²) in [5.41, 5.74) is 0.131. The summed E-state index contributed by atoms with van der Waals surface area (Å²) in [6, 6.07) is 2.46. The number of nitrogens with zero attached hydrogens (tertiary/aromatic N) is 1. The van der Waals surface area contributed by atoms with Crippen LogP contribution in [0.2, 0.25) is 0 Å². The molecule has 1 aromatic rings. The first kappa shape index (κ1) is 13.5. The maximum Gasteiger partial charge on any atom is 0.306 e. The number of carboxylic acids is 1. The molecule has 0 bridgehead atoms. The van der Waals surface area contributed by atoms with Gasteiger partial charge in [-0.1, -0.05) is 6.42 Å². The van der Waals surface area contributed by atoms with Crippen molar-refractivity contribution in [2.75, 3.05) is 6.54 Å². The molecule has 0 radical (unpaired) electrons. The lowest BCUT2D eigenvalue weighted by molar-refractivity contribution is -0.142. The molecule has 2 rings (SSSR count).